The number of carbonyl (C=O) groups excluding carboxylic acids is 3. The number of sulfone groups is 1. The van der Waals surface area contributed by atoms with Gasteiger partial charge >= 0.3 is 20.2 Å². The topological polar surface area (TPSA) is 220 Å². The molecule has 2 aliphatic rings. The number of carbonyl (C=O) groups is 4. The molecule has 0 radical (unpaired) electrons. The van der Waals surface area contributed by atoms with Gasteiger partial charge in [0.2, 0.25) is 5.91 Å². The number of nitrogens with zero attached hydrogens (tertiary/aromatic N) is 1. The lowest BCUT2D eigenvalue weighted by atomic mass is 9.79. The van der Waals surface area contributed by atoms with Crippen LogP contribution < -0.4 is 21.6 Å². The van der Waals surface area contributed by atoms with Crippen LogP contribution in [0.1, 0.15) is 32.7 Å². The number of hydrogen-bond acceptors (Lipinski definition) is 10. The van der Waals surface area contributed by atoms with E-state index in [1.165, 1.54) is 12.1 Å². The smallest absolute Gasteiger partial charge is 0.480 e. The number of benzene rings is 2. The van der Waals surface area contributed by atoms with E-state index in [-0.39, 0.29) is 30.6 Å². The summed E-state index contributed by atoms with van der Waals surface area (Å²) in [6.07, 6.45) is 0.729. The van der Waals surface area contributed by atoms with Crippen molar-refractivity contribution in [1.29, 1.82) is 0 Å². The van der Waals surface area contributed by atoms with Crippen molar-refractivity contribution in [3.63, 3.8) is 0 Å². The monoisotopic (exact) mass is 573 g/mol. The van der Waals surface area contributed by atoms with Gasteiger partial charge in [0.25, 0.3) is 11.8 Å². The van der Waals surface area contributed by atoms with Crippen LogP contribution in [0, 0.1) is 0 Å². The Kier molecular flexibility index (Phi) is 8.32. The first kappa shape index (κ1) is 29.2. The maximum Gasteiger partial charge on any atom is 0.491 e. The molecule has 4 rings (SSSR count). The number of nitrogens with one attached hydrogen (secondary N) is 2. The highest BCUT2D eigenvalue weighted by Gasteiger charge is 2.42. The van der Waals surface area contributed by atoms with Crippen LogP contribution in [0.15, 0.2) is 41.3 Å². The molecule has 3 amide bonds. The van der Waals surface area contributed by atoms with E-state index in [9.17, 15) is 42.7 Å². The Balaban J connectivity index is 1.63. The summed E-state index contributed by atoms with van der Waals surface area (Å²) in [6, 6.07) is 5.67. The fourth-order valence-electron chi connectivity index (χ4n) is 4.67. The van der Waals surface area contributed by atoms with Crippen LogP contribution in [0.25, 0.3) is 0 Å². The number of amides is 3. The van der Waals surface area contributed by atoms with E-state index in [0.717, 1.165) is 29.4 Å². The molecule has 2 aromatic carbocycles. The Hall–Kier alpha value is -3.76. The highest BCUT2D eigenvalue weighted by Crippen LogP contribution is 2.25. The number of carboxylic acids is 1. The third-order valence-corrected chi connectivity index (χ3v) is 7.77. The van der Waals surface area contributed by atoms with Gasteiger partial charge in [-0.15, -0.1) is 0 Å². The van der Waals surface area contributed by atoms with Crippen molar-refractivity contribution in [2.45, 2.75) is 30.0 Å². The SMILES string of the molecule is CS(=O)(=O)c1ccc(B(O)O)cc1C(=O)N1C[C@@H](NC(=O)c2ccc3c(c2)B(O)OC3)C[C@H]1C(=O)NCC(=O)O. The summed E-state index contributed by atoms with van der Waals surface area (Å²) in [7, 11) is -7.17. The van der Waals surface area contributed by atoms with Crippen molar-refractivity contribution in [3.05, 3.63) is 53.1 Å². The third-order valence-electron chi connectivity index (χ3n) is 6.62. The molecule has 2 heterocycles. The molecule has 0 aromatic heterocycles. The average molecular weight is 573 g/mol. The molecule has 0 spiro atoms. The number of aliphatic carboxylic acids is 1. The van der Waals surface area contributed by atoms with E-state index in [1.54, 1.807) is 6.07 Å². The van der Waals surface area contributed by atoms with Crippen molar-refractivity contribution in [2.75, 3.05) is 19.3 Å². The third kappa shape index (κ3) is 6.18. The molecular formula is C23H25B2N3O11S. The van der Waals surface area contributed by atoms with Crippen LogP contribution in [0.3, 0.4) is 0 Å². The molecule has 1 fully saturated rings. The van der Waals surface area contributed by atoms with Gasteiger partial charge in [0.15, 0.2) is 9.84 Å². The first-order valence-corrected chi connectivity index (χ1v) is 13.9. The zero-order chi connectivity index (χ0) is 29.4. The Labute approximate surface area is 229 Å². The van der Waals surface area contributed by atoms with Gasteiger partial charge in [-0.05, 0) is 47.2 Å². The Bertz CT molecular complexity index is 1480. The van der Waals surface area contributed by atoms with Crippen LogP contribution in [-0.2, 0) is 30.7 Å². The predicted octanol–water partition coefficient (Wildman–Crippen LogP) is -3.80. The van der Waals surface area contributed by atoms with Crippen molar-refractivity contribution in [3.8, 4) is 0 Å². The molecule has 40 heavy (non-hydrogen) atoms. The van der Waals surface area contributed by atoms with Crippen molar-refractivity contribution in [1.82, 2.24) is 15.5 Å². The Morgan fingerprint density at radius 3 is 2.52 bits per heavy atom. The van der Waals surface area contributed by atoms with Gasteiger partial charge in [0, 0.05) is 24.4 Å². The molecule has 2 aromatic rings. The van der Waals surface area contributed by atoms with Gasteiger partial charge in [-0.3, -0.25) is 19.2 Å². The summed E-state index contributed by atoms with van der Waals surface area (Å²) in [5, 5.41) is 42.9. The minimum atomic E-state index is -3.98. The van der Waals surface area contributed by atoms with E-state index in [0.29, 0.717) is 11.0 Å². The summed E-state index contributed by atoms with van der Waals surface area (Å²) in [5.74, 6) is -3.70. The molecule has 210 valence electrons. The van der Waals surface area contributed by atoms with Crippen LogP contribution in [0.5, 0.6) is 0 Å². The Morgan fingerprint density at radius 1 is 1.15 bits per heavy atom. The standard InChI is InChI=1S/C23H25B2N3O11S/c1-40(37,38)19-5-4-14(24(34)35)7-16(19)23(33)28-10-15(8-18(28)22(32)26-9-20(29)30)27-21(31)12-2-3-13-11-39-25(36)17(13)6-12/h2-7,15,18,34-36H,8-11H2,1H3,(H,26,32)(H,27,31)(H,29,30)/t15-,18-/m0/s1. The summed E-state index contributed by atoms with van der Waals surface area (Å²) in [5.41, 5.74) is 0.733. The van der Waals surface area contributed by atoms with E-state index < -0.39 is 76.9 Å². The maximum atomic E-state index is 13.7. The number of hydrogen-bond donors (Lipinski definition) is 6. The lowest BCUT2D eigenvalue weighted by molar-refractivity contribution is -0.138. The summed E-state index contributed by atoms with van der Waals surface area (Å²) >= 11 is 0. The lowest BCUT2D eigenvalue weighted by Gasteiger charge is -2.25. The molecule has 1 saturated heterocycles. The average Bonchev–Trinajstić information content (AvgIpc) is 3.49. The maximum absolute atomic E-state index is 13.7. The van der Waals surface area contributed by atoms with Crippen molar-refractivity contribution in [2.24, 2.45) is 0 Å². The highest BCUT2D eigenvalue weighted by molar-refractivity contribution is 7.90. The van der Waals surface area contributed by atoms with Gasteiger partial charge in [0.1, 0.15) is 12.6 Å². The Morgan fingerprint density at radius 2 is 1.88 bits per heavy atom. The molecule has 0 unspecified atom stereocenters. The number of carboxylic acid groups (broad SMARTS) is 1. The summed E-state index contributed by atoms with van der Waals surface area (Å²) < 4.78 is 29.9. The molecule has 0 bridgehead atoms. The molecule has 14 nitrogen and oxygen atoms in total. The predicted molar refractivity (Wildman–Crippen MR) is 140 cm³/mol. The van der Waals surface area contributed by atoms with Gasteiger partial charge in [-0.25, -0.2) is 8.42 Å². The van der Waals surface area contributed by atoms with E-state index in [4.69, 9.17) is 9.76 Å². The van der Waals surface area contributed by atoms with E-state index >= 15 is 0 Å². The molecule has 6 N–H and O–H groups in total. The molecule has 2 atom stereocenters. The quantitative estimate of drug-likeness (QED) is 0.168. The first-order valence-electron chi connectivity index (χ1n) is 12.0. The van der Waals surface area contributed by atoms with Gasteiger partial charge in [0.05, 0.1) is 17.1 Å². The largest absolute Gasteiger partial charge is 0.491 e. The molecule has 0 aliphatic carbocycles. The van der Waals surface area contributed by atoms with Crippen LogP contribution in [-0.4, -0.2) is 103 Å². The minimum absolute atomic E-state index is 0.129. The summed E-state index contributed by atoms with van der Waals surface area (Å²) in [6.45, 7) is -0.800. The van der Waals surface area contributed by atoms with Crippen LogP contribution in [0.2, 0.25) is 0 Å². The highest BCUT2D eigenvalue weighted by atomic mass is 32.2. The van der Waals surface area contributed by atoms with Crippen molar-refractivity contribution < 1.29 is 52.4 Å². The molecule has 17 heteroatoms. The van der Waals surface area contributed by atoms with E-state index in [2.05, 4.69) is 10.6 Å². The zero-order valence-electron chi connectivity index (χ0n) is 21.1. The summed E-state index contributed by atoms with van der Waals surface area (Å²) in [4.78, 5) is 51.1. The minimum Gasteiger partial charge on any atom is -0.480 e. The molecule has 2 aliphatic heterocycles. The fourth-order valence-corrected chi connectivity index (χ4v) is 5.53. The number of rotatable bonds is 8. The second kappa shape index (κ2) is 11.4. The number of likely N-dealkylation sites (tertiary alicyclic amines) is 1. The second-order valence-electron chi connectivity index (χ2n) is 9.47. The van der Waals surface area contributed by atoms with Crippen molar-refractivity contribution >= 4 is 58.7 Å². The lowest BCUT2D eigenvalue weighted by Crippen LogP contribution is -2.47. The first-order chi connectivity index (χ1) is 18.8. The van der Waals surface area contributed by atoms with Gasteiger partial charge in [-0.1, -0.05) is 12.1 Å². The van der Waals surface area contributed by atoms with Gasteiger partial charge in [-0.2, -0.15) is 0 Å². The zero-order valence-corrected chi connectivity index (χ0v) is 21.9. The fraction of sp³-hybridized carbons (Fsp3) is 0.304. The van der Waals surface area contributed by atoms with Crippen LogP contribution >= 0.6 is 0 Å². The van der Waals surface area contributed by atoms with Crippen LogP contribution in [0.4, 0.5) is 0 Å². The van der Waals surface area contributed by atoms with Gasteiger partial charge < -0.3 is 40.4 Å². The van der Waals surface area contributed by atoms with E-state index in [1.807, 2.05) is 0 Å². The number of fused-ring (bicyclic) bond motifs is 1. The normalized spacial score (nSPS) is 18.3. The second-order valence-corrected chi connectivity index (χ2v) is 11.5. The molecular weight excluding hydrogens is 548 g/mol. The molecule has 0 saturated carbocycles.